The molecular weight excluding hydrogens is 486 g/mol. The molecule has 0 fully saturated rings. The van der Waals surface area contributed by atoms with Crippen LogP contribution in [0.2, 0.25) is 0 Å². The van der Waals surface area contributed by atoms with Crippen molar-refractivity contribution in [3.8, 4) is 16.8 Å². The van der Waals surface area contributed by atoms with Gasteiger partial charge in [-0.1, -0.05) is 97.1 Å². The predicted octanol–water partition coefficient (Wildman–Crippen LogP) is 9.56. The second kappa shape index (κ2) is 8.05. The lowest BCUT2D eigenvalue weighted by Gasteiger charge is -2.11. The SMILES string of the molecule is c1ccc(-c2cncc(-n3c4ccccc4c4ccc5c(cc6c7ccccc7c7ccccc7n65)c43)c2)cc1. The topological polar surface area (TPSA) is 22.2 Å². The van der Waals surface area contributed by atoms with Crippen LogP contribution >= 0.6 is 0 Å². The highest BCUT2D eigenvalue weighted by Crippen LogP contribution is 2.41. The summed E-state index contributed by atoms with van der Waals surface area (Å²) >= 11 is 0. The normalized spacial score (nSPS) is 12.0. The third-order valence-corrected chi connectivity index (χ3v) is 8.34. The molecule has 0 saturated heterocycles. The van der Waals surface area contributed by atoms with Crippen LogP contribution in [0.4, 0.5) is 0 Å². The molecule has 3 heteroatoms. The van der Waals surface area contributed by atoms with Crippen LogP contribution in [0.15, 0.2) is 140 Å². The van der Waals surface area contributed by atoms with Crippen molar-refractivity contribution < 1.29 is 0 Å². The van der Waals surface area contributed by atoms with Gasteiger partial charge < -0.3 is 8.97 Å². The van der Waals surface area contributed by atoms with Gasteiger partial charge in [-0.2, -0.15) is 0 Å². The van der Waals surface area contributed by atoms with Crippen molar-refractivity contribution in [3.63, 3.8) is 0 Å². The first-order valence-electron chi connectivity index (χ1n) is 13.6. The minimum Gasteiger partial charge on any atom is -0.309 e. The van der Waals surface area contributed by atoms with E-state index in [1.54, 1.807) is 0 Å². The van der Waals surface area contributed by atoms with Crippen LogP contribution in [0.5, 0.6) is 0 Å². The van der Waals surface area contributed by atoms with Gasteiger partial charge in [0.05, 0.1) is 39.5 Å². The Hall–Kier alpha value is -5.41. The number of nitrogens with zero attached hydrogens (tertiary/aromatic N) is 3. The lowest BCUT2D eigenvalue weighted by Crippen LogP contribution is -1.96. The molecule has 0 saturated carbocycles. The number of hydrogen-bond donors (Lipinski definition) is 0. The summed E-state index contributed by atoms with van der Waals surface area (Å²) in [6.45, 7) is 0. The van der Waals surface area contributed by atoms with Crippen LogP contribution in [0.3, 0.4) is 0 Å². The van der Waals surface area contributed by atoms with Gasteiger partial charge in [-0.15, -0.1) is 0 Å². The maximum atomic E-state index is 4.71. The summed E-state index contributed by atoms with van der Waals surface area (Å²) < 4.78 is 4.84. The zero-order chi connectivity index (χ0) is 26.2. The Kier molecular flexibility index (Phi) is 4.33. The fraction of sp³-hybridized carbons (Fsp3) is 0. The number of fused-ring (bicyclic) bond motifs is 12. The fourth-order valence-electron chi connectivity index (χ4n) is 6.64. The van der Waals surface area contributed by atoms with E-state index in [0.717, 1.165) is 16.8 Å². The second-order valence-electron chi connectivity index (χ2n) is 10.5. The van der Waals surface area contributed by atoms with Gasteiger partial charge in [-0.05, 0) is 41.3 Å². The number of benzene rings is 5. The number of para-hydroxylation sites is 2. The van der Waals surface area contributed by atoms with E-state index in [0.29, 0.717) is 0 Å². The predicted molar refractivity (Wildman–Crippen MR) is 167 cm³/mol. The van der Waals surface area contributed by atoms with E-state index in [4.69, 9.17) is 4.98 Å². The first-order valence-corrected chi connectivity index (χ1v) is 13.6. The van der Waals surface area contributed by atoms with E-state index in [1.807, 2.05) is 12.4 Å². The van der Waals surface area contributed by atoms with Gasteiger partial charge >= 0.3 is 0 Å². The Labute approximate surface area is 230 Å². The highest BCUT2D eigenvalue weighted by atomic mass is 15.0. The van der Waals surface area contributed by atoms with Crippen molar-refractivity contribution in [1.82, 2.24) is 14.0 Å². The van der Waals surface area contributed by atoms with E-state index in [-0.39, 0.29) is 0 Å². The molecule has 0 amide bonds. The highest BCUT2D eigenvalue weighted by molar-refractivity contribution is 6.22. The number of aromatic nitrogens is 3. The Balaban J connectivity index is 1.48. The van der Waals surface area contributed by atoms with Gasteiger partial charge in [0.1, 0.15) is 0 Å². The van der Waals surface area contributed by atoms with E-state index >= 15 is 0 Å². The molecule has 0 spiro atoms. The van der Waals surface area contributed by atoms with Crippen LogP contribution in [0.1, 0.15) is 0 Å². The van der Waals surface area contributed by atoms with Crippen molar-refractivity contribution in [1.29, 1.82) is 0 Å². The monoisotopic (exact) mass is 509 g/mol. The molecule has 5 aromatic carbocycles. The van der Waals surface area contributed by atoms with E-state index in [9.17, 15) is 0 Å². The number of hydrogen-bond acceptors (Lipinski definition) is 1. The number of rotatable bonds is 2. The molecule has 0 N–H and O–H groups in total. The first kappa shape index (κ1) is 21.5. The molecule has 0 aliphatic heterocycles. The van der Waals surface area contributed by atoms with Crippen molar-refractivity contribution >= 4 is 59.9 Å². The summed E-state index contributed by atoms with van der Waals surface area (Å²) in [6, 6.07) is 45.9. The van der Waals surface area contributed by atoms with Crippen LogP contribution in [0.25, 0.3) is 76.7 Å². The van der Waals surface area contributed by atoms with Crippen LogP contribution in [-0.4, -0.2) is 14.0 Å². The van der Waals surface area contributed by atoms with Crippen LogP contribution in [0, 0.1) is 0 Å². The largest absolute Gasteiger partial charge is 0.309 e. The standard InChI is InChI=1S/C37H23N3/c1-2-10-24(11-3-1)25-20-26(23-38-22-25)39-33-16-8-7-15-30(33)31-18-19-35-32(37(31)39)21-36-29-14-5-4-12-27(29)28-13-6-9-17-34(28)40(35)36/h1-23H. The van der Waals surface area contributed by atoms with Gasteiger partial charge in [0.15, 0.2) is 0 Å². The molecule has 3 nitrogen and oxygen atoms in total. The molecule has 40 heavy (non-hydrogen) atoms. The van der Waals surface area contributed by atoms with Crippen LogP contribution in [-0.2, 0) is 0 Å². The van der Waals surface area contributed by atoms with Gasteiger partial charge in [-0.25, -0.2) is 0 Å². The summed E-state index contributed by atoms with van der Waals surface area (Å²) in [6.07, 6.45) is 3.94. The van der Waals surface area contributed by atoms with Gasteiger partial charge in [-0.3, -0.25) is 4.98 Å². The van der Waals surface area contributed by atoms with Crippen molar-refractivity contribution in [2.24, 2.45) is 0 Å². The summed E-state index contributed by atoms with van der Waals surface area (Å²) in [7, 11) is 0. The summed E-state index contributed by atoms with van der Waals surface area (Å²) in [4.78, 5) is 4.71. The Morgan fingerprint density at radius 3 is 1.82 bits per heavy atom. The van der Waals surface area contributed by atoms with Gasteiger partial charge in [0, 0.05) is 38.7 Å². The molecule has 4 heterocycles. The highest BCUT2D eigenvalue weighted by Gasteiger charge is 2.19. The number of pyridine rings is 2. The molecule has 186 valence electrons. The summed E-state index contributed by atoms with van der Waals surface area (Å²) in [5.41, 5.74) is 9.38. The second-order valence-corrected chi connectivity index (χ2v) is 10.5. The van der Waals surface area contributed by atoms with Crippen molar-refractivity contribution in [3.05, 3.63) is 140 Å². The molecule has 0 bridgehead atoms. The van der Waals surface area contributed by atoms with Gasteiger partial charge in [0.25, 0.3) is 0 Å². The van der Waals surface area contributed by atoms with Gasteiger partial charge in [0.2, 0.25) is 0 Å². The third kappa shape index (κ3) is 2.86. The molecule has 0 unspecified atom stereocenters. The van der Waals surface area contributed by atoms with Crippen molar-refractivity contribution in [2.45, 2.75) is 0 Å². The molecule has 9 aromatic rings. The maximum Gasteiger partial charge on any atom is 0.0651 e. The Morgan fingerprint density at radius 2 is 1.02 bits per heavy atom. The maximum absolute atomic E-state index is 4.71. The zero-order valence-corrected chi connectivity index (χ0v) is 21.6. The summed E-state index contributed by atoms with van der Waals surface area (Å²) in [5.74, 6) is 0. The average Bonchev–Trinajstić information content (AvgIpc) is 3.59. The molecular formula is C37H23N3. The quantitative estimate of drug-likeness (QED) is 0.213. The van der Waals surface area contributed by atoms with E-state index in [2.05, 4.69) is 136 Å². The fourth-order valence-corrected chi connectivity index (χ4v) is 6.64. The van der Waals surface area contributed by atoms with E-state index in [1.165, 1.54) is 59.9 Å². The van der Waals surface area contributed by atoms with Crippen LogP contribution < -0.4 is 0 Å². The minimum absolute atomic E-state index is 1.06. The summed E-state index contributed by atoms with van der Waals surface area (Å²) in [5, 5.41) is 7.54. The molecule has 0 radical (unpaired) electrons. The van der Waals surface area contributed by atoms with Crippen molar-refractivity contribution in [2.75, 3.05) is 0 Å². The smallest absolute Gasteiger partial charge is 0.0651 e. The third-order valence-electron chi connectivity index (χ3n) is 8.34. The van der Waals surface area contributed by atoms with E-state index < -0.39 is 0 Å². The molecule has 0 aliphatic carbocycles. The molecule has 0 aliphatic rings. The minimum atomic E-state index is 1.06. The Bertz CT molecular complexity index is 2430. The molecule has 4 aromatic heterocycles. The Morgan fingerprint density at radius 1 is 0.400 bits per heavy atom. The molecule has 0 atom stereocenters. The lowest BCUT2D eigenvalue weighted by atomic mass is 10.1. The lowest BCUT2D eigenvalue weighted by molar-refractivity contribution is 1.15. The molecule has 9 rings (SSSR count). The zero-order valence-electron chi connectivity index (χ0n) is 21.6. The first-order chi connectivity index (χ1) is 19.9. The average molecular weight is 510 g/mol.